The van der Waals surface area contributed by atoms with Crippen LogP contribution in [-0.4, -0.2) is 35.7 Å². The fourth-order valence-corrected chi connectivity index (χ4v) is 1.41. The standard InChI is InChI=1S/C8H17NO/c1-6(2)8(10)7-4-5-9(7)3/h6-8,10H,4-5H2,1-3H3. The van der Waals surface area contributed by atoms with Crippen LogP contribution in [0.5, 0.6) is 0 Å². The van der Waals surface area contributed by atoms with Gasteiger partial charge in [-0.3, -0.25) is 0 Å². The minimum absolute atomic E-state index is 0.126. The summed E-state index contributed by atoms with van der Waals surface area (Å²) in [5.74, 6) is 0.396. The van der Waals surface area contributed by atoms with Gasteiger partial charge in [0.2, 0.25) is 0 Å². The molecule has 2 nitrogen and oxygen atoms in total. The average molecular weight is 143 g/mol. The van der Waals surface area contributed by atoms with Crippen LogP contribution >= 0.6 is 0 Å². The van der Waals surface area contributed by atoms with Crippen LogP contribution in [0.15, 0.2) is 0 Å². The molecule has 60 valence electrons. The summed E-state index contributed by atoms with van der Waals surface area (Å²) < 4.78 is 0. The number of likely N-dealkylation sites (tertiary alicyclic amines) is 1. The molecule has 1 saturated heterocycles. The van der Waals surface area contributed by atoms with Gasteiger partial charge in [0.05, 0.1) is 6.10 Å². The van der Waals surface area contributed by atoms with E-state index in [0.717, 1.165) is 13.0 Å². The van der Waals surface area contributed by atoms with Gasteiger partial charge >= 0.3 is 0 Å². The van der Waals surface area contributed by atoms with Crippen molar-refractivity contribution < 1.29 is 5.11 Å². The summed E-state index contributed by atoms with van der Waals surface area (Å²) in [5.41, 5.74) is 0. The highest BCUT2D eigenvalue weighted by atomic mass is 16.3. The third-order valence-corrected chi connectivity index (χ3v) is 2.42. The highest BCUT2D eigenvalue weighted by molar-refractivity contribution is 4.87. The fraction of sp³-hybridized carbons (Fsp3) is 1.00. The summed E-state index contributed by atoms with van der Waals surface area (Å²) in [5, 5.41) is 9.57. The number of nitrogens with zero attached hydrogens (tertiary/aromatic N) is 1. The molecule has 2 heteroatoms. The van der Waals surface area contributed by atoms with Gasteiger partial charge in [-0.05, 0) is 25.9 Å². The van der Waals surface area contributed by atoms with Crippen molar-refractivity contribution >= 4 is 0 Å². The zero-order chi connectivity index (χ0) is 7.72. The number of aliphatic hydroxyl groups excluding tert-OH is 1. The molecule has 0 saturated carbocycles. The van der Waals surface area contributed by atoms with Crippen molar-refractivity contribution in [1.82, 2.24) is 4.90 Å². The Morgan fingerprint density at radius 2 is 2.10 bits per heavy atom. The van der Waals surface area contributed by atoms with Crippen molar-refractivity contribution in [2.75, 3.05) is 13.6 Å². The van der Waals surface area contributed by atoms with Crippen LogP contribution in [0.3, 0.4) is 0 Å². The Balaban J connectivity index is 2.34. The minimum Gasteiger partial charge on any atom is -0.391 e. The highest BCUT2D eigenvalue weighted by Gasteiger charge is 2.32. The van der Waals surface area contributed by atoms with Crippen LogP contribution in [0, 0.1) is 5.92 Å². The van der Waals surface area contributed by atoms with E-state index in [0.29, 0.717) is 12.0 Å². The van der Waals surface area contributed by atoms with Gasteiger partial charge in [-0.1, -0.05) is 13.8 Å². The molecular weight excluding hydrogens is 126 g/mol. The molecule has 0 aromatic heterocycles. The second-order valence-corrected chi connectivity index (χ2v) is 3.57. The Bertz CT molecular complexity index is 109. The first-order valence-corrected chi connectivity index (χ1v) is 4.01. The molecule has 0 radical (unpaired) electrons. The summed E-state index contributed by atoms with van der Waals surface area (Å²) in [4.78, 5) is 2.21. The predicted molar refractivity (Wildman–Crippen MR) is 41.9 cm³/mol. The molecule has 10 heavy (non-hydrogen) atoms. The van der Waals surface area contributed by atoms with E-state index in [1.807, 2.05) is 0 Å². The highest BCUT2D eigenvalue weighted by Crippen LogP contribution is 2.21. The van der Waals surface area contributed by atoms with Crippen molar-refractivity contribution in [2.45, 2.75) is 32.4 Å². The van der Waals surface area contributed by atoms with Gasteiger partial charge in [-0.2, -0.15) is 0 Å². The smallest absolute Gasteiger partial charge is 0.0718 e. The Kier molecular flexibility index (Phi) is 2.32. The lowest BCUT2D eigenvalue weighted by atomic mass is 9.91. The van der Waals surface area contributed by atoms with Gasteiger partial charge in [-0.25, -0.2) is 0 Å². The number of hydrogen-bond donors (Lipinski definition) is 1. The van der Waals surface area contributed by atoms with Crippen molar-refractivity contribution in [3.05, 3.63) is 0 Å². The van der Waals surface area contributed by atoms with E-state index in [9.17, 15) is 5.11 Å². The molecule has 0 amide bonds. The molecule has 0 bridgehead atoms. The lowest BCUT2D eigenvalue weighted by Crippen LogP contribution is -2.53. The second kappa shape index (κ2) is 2.89. The number of hydrogen-bond acceptors (Lipinski definition) is 2. The normalized spacial score (nSPS) is 30.3. The van der Waals surface area contributed by atoms with Crippen LogP contribution in [-0.2, 0) is 0 Å². The van der Waals surface area contributed by atoms with E-state index in [-0.39, 0.29) is 6.10 Å². The fourth-order valence-electron chi connectivity index (χ4n) is 1.41. The minimum atomic E-state index is -0.126. The van der Waals surface area contributed by atoms with Crippen LogP contribution < -0.4 is 0 Å². The van der Waals surface area contributed by atoms with E-state index in [1.165, 1.54) is 0 Å². The molecule has 0 spiro atoms. The first-order valence-electron chi connectivity index (χ1n) is 4.01. The van der Waals surface area contributed by atoms with Crippen LogP contribution in [0.4, 0.5) is 0 Å². The SMILES string of the molecule is CC(C)C(O)C1CCN1C. The Morgan fingerprint density at radius 1 is 1.50 bits per heavy atom. The maximum absolute atomic E-state index is 9.57. The van der Waals surface area contributed by atoms with Gasteiger partial charge < -0.3 is 10.0 Å². The van der Waals surface area contributed by atoms with E-state index < -0.39 is 0 Å². The first-order chi connectivity index (χ1) is 4.63. The molecule has 2 atom stereocenters. The third-order valence-electron chi connectivity index (χ3n) is 2.42. The second-order valence-electron chi connectivity index (χ2n) is 3.57. The van der Waals surface area contributed by atoms with Crippen LogP contribution in [0.1, 0.15) is 20.3 Å². The maximum atomic E-state index is 9.57. The summed E-state index contributed by atoms with van der Waals surface area (Å²) in [6.45, 7) is 5.28. The molecule has 1 aliphatic rings. The quantitative estimate of drug-likeness (QED) is 0.615. The van der Waals surface area contributed by atoms with Crippen LogP contribution in [0.2, 0.25) is 0 Å². The van der Waals surface area contributed by atoms with Gasteiger partial charge in [0.1, 0.15) is 0 Å². The molecule has 1 rings (SSSR count). The zero-order valence-electron chi connectivity index (χ0n) is 7.04. The predicted octanol–water partition coefficient (Wildman–Crippen LogP) is 0.707. The van der Waals surface area contributed by atoms with Crippen LogP contribution in [0.25, 0.3) is 0 Å². The topological polar surface area (TPSA) is 23.5 Å². The molecule has 2 unspecified atom stereocenters. The van der Waals surface area contributed by atoms with E-state index in [2.05, 4.69) is 25.8 Å². The van der Waals surface area contributed by atoms with Crippen molar-refractivity contribution in [1.29, 1.82) is 0 Å². The lowest BCUT2D eigenvalue weighted by molar-refractivity contribution is -0.0209. The Hall–Kier alpha value is -0.0800. The van der Waals surface area contributed by atoms with Crippen molar-refractivity contribution in [2.24, 2.45) is 5.92 Å². The maximum Gasteiger partial charge on any atom is 0.0718 e. The summed E-state index contributed by atoms with van der Waals surface area (Å²) >= 11 is 0. The van der Waals surface area contributed by atoms with Gasteiger partial charge in [0.15, 0.2) is 0 Å². The monoisotopic (exact) mass is 143 g/mol. The van der Waals surface area contributed by atoms with Crippen molar-refractivity contribution in [3.63, 3.8) is 0 Å². The lowest BCUT2D eigenvalue weighted by Gasteiger charge is -2.42. The molecule has 1 N–H and O–H groups in total. The number of rotatable bonds is 2. The third kappa shape index (κ3) is 1.32. The molecule has 0 aromatic carbocycles. The summed E-state index contributed by atoms with van der Waals surface area (Å²) in [6, 6.07) is 0.431. The largest absolute Gasteiger partial charge is 0.391 e. The molecule has 0 aliphatic carbocycles. The number of aliphatic hydroxyl groups is 1. The molecule has 1 heterocycles. The Labute approximate surface area is 62.8 Å². The summed E-state index contributed by atoms with van der Waals surface area (Å²) in [6.07, 6.45) is 1.04. The molecule has 1 aliphatic heterocycles. The molecular formula is C8H17NO. The van der Waals surface area contributed by atoms with E-state index in [4.69, 9.17) is 0 Å². The molecule has 0 aromatic rings. The Morgan fingerprint density at radius 3 is 2.20 bits per heavy atom. The van der Waals surface area contributed by atoms with E-state index >= 15 is 0 Å². The van der Waals surface area contributed by atoms with Gasteiger partial charge in [0.25, 0.3) is 0 Å². The van der Waals surface area contributed by atoms with Gasteiger partial charge in [0, 0.05) is 6.04 Å². The van der Waals surface area contributed by atoms with E-state index in [1.54, 1.807) is 0 Å². The average Bonchev–Trinajstić information content (AvgIpc) is 1.84. The zero-order valence-corrected chi connectivity index (χ0v) is 7.04. The van der Waals surface area contributed by atoms with Gasteiger partial charge in [-0.15, -0.1) is 0 Å². The van der Waals surface area contributed by atoms with Crippen molar-refractivity contribution in [3.8, 4) is 0 Å². The molecule has 1 fully saturated rings. The first kappa shape index (κ1) is 8.02. The summed E-state index contributed by atoms with van der Waals surface area (Å²) in [7, 11) is 2.07. The number of likely N-dealkylation sites (N-methyl/N-ethyl adjacent to an activating group) is 1.